The highest BCUT2D eigenvalue weighted by atomic mass is 35.5. The fraction of sp³-hybridized carbons (Fsp3) is 0.714. The monoisotopic (exact) mass is 384 g/mol. The minimum atomic E-state index is -1.84. The fourth-order valence-corrected chi connectivity index (χ4v) is 4.92. The molecule has 0 heterocycles. The van der Waals surface area contributed by atoms with E-state index in [2.05, 4.69) is 0 Å². The Morgan fingerprint density at radius 3 is 1.81 bits per heavy atom. The van der Waals surface area contributed by atoms with Gasteiger partial charge in [-0.25, -0.2) is 0 Å². The summed E-state index contributed by atoms with van der Waals surface area (Å²) >= 11 is 46.4. The van der Waals surface area contributed by atoms with Crippen molar-refractivity contribution in [2.75, 3.05) is 0 Å². The van der Waals surface area contributed by atoms with E-state index >= 15 is 0 Å². The first kappa shape index (κ1) is 16.1. The molecular formula is C7H4Cl8O. The molecule has 1 aliphatic carbocycles. The zero-order chi connectivity index (χ0) is 12.9. The number of hydrogen-bond acceptors (Lipinski definition) is 1. The fourth-order valence-electron chi connectivity index (χ4n) is 1.50. The molecule has 0 saturated heterocycles. The van der Waals surface area contributed by atoms with Crippen LogP contribution in [0, 0.1) is 5.92 Å². The first-order valence-electron chi connectivity index (χ1n) is 3.82. The summed E-state index contributed by atoms with van der Waals surface area (Å²) in [5, 5.41) is 9.83. The van der Waals surface area contributed by atoms with E-state index in [-0.39, 0.29) is 10.1 Å². The van der Waals surface area contributed by atoms with Crippen molar-refractivity contribution in [3.8, 4) is 0 Å². The van der Waals surface area contributed by atoms with Crippen molar-refractivity contribution in [1.82, 2.24) is 0 Å². The summed E-state index contributed by atoms with van der Waals surface area (Å²) in [4.78, 5) is -1.08. The number of halogens is 8. The number of rotatable bonds is 1. The molecule has 1 nitrogen and oxygen atoms in total. The summed E-state index contributed by atoms with van der Waals surface area (Å²) in [6.07, 6.45) is -1.53. The lowest BCUT2D eigenvalue weighted by atomic mass is 10.1. The lowest BCUT2D eigenvalue weighted by Gasteiger charge is -2.25. The molecule has 9 heteroatoms. The third-order valence-electron chi connectivity index (χ3n) is 2.25. The molecular weight excluding hydrogens is 384 g/mol. The molecule has 2 atom stereocenters. The van der Waals surface area contributed by atoms with Gasteiger partial charge in [0.05, 0.1) is 5.92 Å². The maximum absolute atomic E-state index is 9.83. The van der Waals surface area contributed by atoms with Crippen LogP contribution in [-0.2, 0) is 0 Å². The number of alkyl halides is 6. The quantitative estimate of drug-likeness (QED) is 0.640. The summed E-state index contributed by atoms with van der Waals surface area (Å²) in [7, 11) is 0. The van der Waals surface area contributed by atoms with Crippen molar-refractivity contribution in [3.63, 3.8) is 0 Å². The predicted octanol–water partition coefficient (Wildman–Crippen LogP) is 4.82. The van der Waals surface area contributed by atoms with E-state index in [0.29, 0.717) is 0 Å². The molecule has 1 fully saturated rings. The van der Waals surface area contributed by atoms with E-state index < -0.39 is 25.5 Å². The van der Waals surface area contributed by atoms with Crippen LogP contribution >= 0.6 is 92.8 Å². The highest BCUT2D eigenvalue weighted by Crippen LogP contribution is 2.61. The van der Waals surface area contributed by atoms with Gasteiger partial charge in [-0.3, -0.25) is 0 Å². The Balaban J connectivity index is 3.41. The second kappa shape index (κ2) is 5.19. The van der Waals surface area contributed by atoms with Crippen molar-refractivity contribution in [3.05, 3.63) is 10.1 Å². The highest BCUT2D eigenvalue weighted by molar-refractivity contribution is 6.62. The molecule has 1 rings (SSSR count). The Bertz CT molecular complexity index is 318. The molecule has 1 saturated carbocycles. The molecule has 0 aliphatic heterocycles. The SMILES string of the molecule is OC1C(Cl)(Cl)C(=C(Cl)Cl)C(C(Cl)Cl)C1(Cl)Cl. The summed E-state index contributed by atoms with van der Waals surface area (Å²) in [6.45, 7) is 0. The van der Waals surface area contributed by atoms with Crippen LogP contribution in [0.25, 0.3) is 0 Å². The maximum Gasteiger partial charge on any atom is 0.170 e. The second-order valence-corrected chi connectivity index (χ2v) is 8.13. The minimum Gasteiger partial charge on any atom is -0.386 e. The van der Waals surface area contributed by atoms with Gasteiger partial charge in [-0.2, -0.15) is 0 Å². The molecule has 1 N–H and O–H groups in total. The van der Waals surface area contributed by atoms with Gasteiger partial charge in [-0.15, -0.1) is 23.2 Å². The van der Waals surface area contributed by atoms with Crippen LogP contribution < -0.4 is 0 Å². The van der Waals surface area contributed by atoms with Gasteiger partial charge in [-0.05, 0) is 0 Å². The molecule has 0 aromatic rings. The number of aliphatic hydroxyl groups excluding tert-OH is 1. The molecule has 0 radical (unpaired) electrons. The van der Waals surface area contributed by atoms with Crippen LogP contribution in [-0.4, -0.2) is 24.7 Å². The summed E-state index contributed by atoms with van der Waals surface area (Å²) < 4.78 is -3.89. The average molecular weight is 388 g/mol. The molecule has 0 amide bonds. The van der Waals surface area contributed by atoms with E-state index in [4.69, 9.17) is 92.8 Å². The smallest absolute Gasteiger partial charge is 0.170 e. The molecule has 16 heavy (non-hydrogen) atoms. The van der Waals surface area contributed by atoms with Gasteiger partial charge in [0.2, 0.25) is 0 Å². The van der Waals surface area contributed by atoms with E-state index in [1.165, 1.54) is 0 Å². The Hall–Kier alpha value is 2.02. The van der Waals surface area contributed by atoms with Crippen molar-refractivity contribution in [1.29, 1.82) is 0 Å². The van der Waals surface area contributed by atoms with Crippen LogP contribution in [0.3, 0.4) is 0 Å². The van der Waals surface area contributed by atoms with E-state index in [1.54, 1.807) is 0 Å². The summed E-state index contributed by atoms with van der Waals surface area (Å²) in [5.41, 5.74) is 0.00617. The molecule has 0 bridgehead atoms. The number of aliphatic hydroxyl groups is 1. The standard InChI is InChI=1S/C7H4Cl8O/c8-3(9)1-2(4(10)11)7(14,15)5(16)6(1,12)13/h1,3,5,16H. The van der Waals surface area contributed by atoms with Gasteiger partial charge in [0.15, 0.2) is 8.67 Å². The van der Waals surface area contributed by atoms with Gasteiger partial charge < -0.3 is 5.11 Å². The van der Waals surface area contributed by atoms with Crippen LogP contribution in [0.2, 0.25) is 0 Å². The van der Waals surface area contributed by atoms with Crippen molar-refractivity contribution in [2.24, 2.45) is 5.92 Å². The van der Waals surface area contributed by atoms with E-state index in [1.807, 2.05) is 0 Å². The zero-order valence-corrected chi connectivity index (χ0v) is 13.3. The molecule has 94 valence electrons. The molecule has 2 unspecified atom stereocenters. The Morgan fingerprint density at radius 1 is 1.12 bits per heavy atom. The average Bonchev–Trinajstić information content (AvgIpc) is 2.23. The van der Waals surface area contributed by atoms with Crippen molar-refractivity contribution in [2.45, 2.75) is 19.6 Å². The van der Waals surface area contributed by atoms with Gasteiger partial charge in [0.1, 0.15) is 15.4 Å². The molecule has 0 spiro atoms. The Kier molecular flexibility index (Phi) is 5.21. The molecule has 0 aromatic heterocycles. The van der Waals surface area contributed by atoms with E-state index in [0.717, 1.165) is 0 Å². The van der Waals surface area contributed by atoms with Crippen molar-refractivity contribution < 1.29 is 5.11 Å². The lowest BCUT2D eigenvalue weighted by molar-refractivity contribution is 0.163. The number of hydrogen-bond donors (Lipinski definition) is 1. The Labute approximate surface area is 132 Å². The molecule has 0 aromatic carbocycles. The maximum atomic E-state index is 9.83. The first-order valence-corrected chi connectivity index (χ1v) is 6.96. The van der Waals surface area contributed by atoms with Crippen LogP contribution in [0.1, 0.15) is 0 Å². The van der Waals surface area contributed by atoms with Crippen LogP contribution in [0.5, 0.6) is 0 Å². The predicted molar refractivity (Wildman–Crippen MR) is 72.6 cm³/mol. The largest absolute Gasteiger partial charge is 0.386 e. The third kappa shape index (κ3) is 2.50. The van der Waals surface area contributed by atoms with E-state index in [9.17, 15) is 5.11 Å². The third-order valence-corrected chi connectivity index (χ3v) is 4.86. The van der Waals surface area contributed by atoms with Crippen LogP contribution in [0.4, 0.5) is 0 Å². The van der Waals surface area contributed by atoms with Gasteiger partial charge in [0, 0.05) is 5.57 Å². The van der Waals surface area contributed by atoms with Crippen LogP contribution in [0.15, 0.2) is 10.1 Å². The summed E-state index contributed by atoms with van der Waals surface area (Å²) in [5.74, 6) is -0.978. The lowest BCUT2D eigenvalue weighted by Crippen LogP contribution is -2.39. The zero-order valence-electron chi connectivity index (χ0n) is 7.20. The second-order valence-electron chi connectivity index (χ2n) is 3.19. The minimum absolute atomic E-state index is 0.00617. The molecule has 1 aliphatic rings. The van der Waals surface area contributed by atoms with Gasteiger partial charge in [-0.1, -0.05) is 69.6 Å². The highest BCUT2D eigenvalue weighted by Gasteiger charge is 2.65. The van der Waals surface area contributed by atoms with Gasteiger partial charge in [0.25, 0.3) is 0 Å². The van der Waals surface area contributed by atoms with Crippen molar-refractivity contribution >= 4 is 92.8 Å². The summed E-state index contributed by atoms with van der Waals surface area (Å²) in [6, 6.07) is 0. The Morgan fingerprint density at radius 2 is 1.56 bits per heavy atom. The normalized spacial score (nSPS) is 32.2. The first-order chi connectivity index (χ1) is 7.04. The van der Waals surface area contributed by atoms with Gasteiger partial charge >= 0.3 is 0 Å². The topological polar surface area (TPSA) is 20.2 Å².